The number of hydrogen-bond acceptors (Lipinski definition) is 2. The summed E-state index contributed by atoms with van der Waals surface area (Å²) in [5.41, 5.74) is 0.940. The third kappa shape index (κ3) is 3.73. The van der Waals surface area contributed by atoms with Gasteiger partial charge in [0.25, 0.3) is 0 Å². The summed E-state index contributed by atoms with van der Waals surface area (Å²) in [5.74, 6) is -0.218. The standard InChI is InChI=1S/C16H24FN3O/c1-20(2)16(13-5-7-14(17)8-6-13)9-3-4-11-18-15(21)19-12-10-16/h5-8H,3-4,9-12H2,1-2H3,(H2,18,19,21). The molecule has 1 atom stereocenters. The second-order valence-corrected chi connectivity index (χ2v) is 5.82. The van der Waals surface area contributed by atoms with Crippen LogP contribution in [0.4, 0.5) is 9.18 Å². The number of benzene rings is 1. The normalized spacial score (nSPS) is 24.3. The molecule has 0 aromatic heterocycles. The van der Waals surface area contributed by atoms with Crippen LogP contribution in [0.5, 0.6) is 0 Å². The smallest absolute Gasteiger partial charge is 0.314 e. The lowest BCUT2D eigenvalue weighted by atomic mass is 9.80. The lowest BCUT2D eigenvalue weighted by molar-refractivity contribution is 0.120. The Morgan fingerprint density at radius 1 is 1.05 bits per heavy atom. The summed E-state index contributed by atoms with van der Waals surface area (Å²) in [7, 11) is 4.10. The average Bonchev–Trinajstić information content (AvgIpc) is 2.46. The minimum Gasteiger partial charge on any atom is -0.338 e. The molecule has 2 rings (SSSR count). The first-order valence-electron chi connectivity index (χ1n) is 7.50. The molecule has 1 aromatic carbocycles. The molecular formula is C16H24FN3O. The molecule has 1 unspecified atom stereocenters. The van der Waals surface area contributed by atoms with Crippen molar-refractivity contribution in [1.82, 2.24) is 15.5 Å². The van der Waals surface area contributed by atoms with E-state index in [9.17, 15) is 9.18 Å². The first-order chi connectivity index (χ1) is 10.0. The molecule has 1 aliphatic heterocycles. The Balaban J connectivity index is 2.28. The van der Waals surface area contributed by atoms with Gasteiger partial charge in [-0.05, 0) is 57.5 Å². The number of halogens is 1. The first-order valence-corrected chi connectivity index (χ1v) is 7.50. The van der Waals surface area contributed by atoms with Crippen molar-refractivity contribution < 1.29 is 9.18 Å². The van der Waals surface area contributed by atoms with Gasteiger partial charge in [-0.2, -0.15) is 0 Å². The summed E-state index contributed by atoms with van der Waals surface area (Å²) < 4.78 is 13.2. The van der Waals surface area contributed by atoms with Crippen LogP contribution in [0.1, 0.15) is 31.2 Å². The van der Waals surface area contributed by atoms with Gasteiger partial charge in [0.05, 0.1) is 0 Å². The average molecular weight is 293 g/mol. The van der Waals surface area contributed by atoms with Crippen LogP contribution in [-0.4, -0.2) is 38.1 Å². The maximum atomic E-state index is 13.2. The minimum absolute atomic E-state index is 0.108. The number of nitrogens with one attached hydrogen (secondary N) is 2. The lowest BCUT2D eigenvalue weighted by Crippen LogP contribution is -2.46. The van der Waals surface area contributed by atoms with E-state index in [0.29, 0.717) is 13.1 Å². The number of rotatable bonds is 2. The van der Waals surface area contributed by atoms with Crippen LogP contribution in [0, 0.1) is 5.82 Å². The summed E-state index contributed by atoms with van der Waals surface area (Å²) in [4.78, 5) is 13.8. The largest absolute Gasteiger partial charge is 0.338 e. The fraction of sp³-hybridized carbons (Fsp3) is 0.562. The van der Waals surface area contributed by atoms with Gasteiger partial charge in [0.15, 0.2) is 0 Å². The SMILES string of the molecule is CN(C)C1(c2ccc(F)cc2)CCCCNC(=O)NCC1. The molecule has 0 saturated carbocycles. The Morgan fingerprint density at radius 3 is 2.38 bits per heavy atom. The molecule has 1 aromatic rings. The number of amides is 2. The molecule has 2 amide bonds. The molecule has 0 aliphatic carbocycles. The second kappa shape index (κ2) is 6.89. The van der Waals surface area contributed by atoms with E-state index in [1.807, 2.05) is 12.1 Å². The van der Waals surface area contributed by atoms with Gasteiger partial charge in [-0.3, -0.25) is 4.90 Å². The molecule has 1 fully saturated rings. The summed E-state index contributed by atoms with van der Waals surface area (Å²) in [6, 6.07) is 6.64. The highest BCUT2D eigenvalue weighted by Gasteiger charge is 2.34. The van der Waals surface area contributed by atoms with Gasteiger partial charge in [0.2, 0.25) is 0 Å². The van der Waals surface area contributed by atoms with E-state index in [0.717, 1.165) is 31.2 Å². The van der Waals surface area contributed by atoms with Gasteiger partial charge >= 0.3 is 6.03 Å². The Kier molecular flexibility index (Phi) is 5.17. The highest BCUT2D eigenvalue weighted by atomic mass is 19.1. The topological polar surface area (TPSA) is 44.4 Å². The fourth-order valence-corrected chi connectivity index (χ4v) is 3.07. The van der Waals surface area contributed by atoms with Gasteiger partial charge in [0, 0.05) is 18.6 Å². The molecule has 21 heavy (non-hydrogen) atoms. The van der Waals surface area contributed by atoms with E-state index in [-0.39, 0.29) is 17.4 Å². The van der Waals surface area contributed by atoms with E-state index in [2.05, 4.69) is 29.6 Å². The Hall–Kier alpha value is -1.62. The predicted molar refractivity (Wildman–Crippen MR) is 81.6 cm³/mol. The number of carbonyl (C=O) groups excluding carboxylic acids is 1. The molecule has 0 bridgehead atoms. The molecule has 1 saturated heterocycles. The van der Waals surface area contributed by atoms with Crippen LogP contribution >= 0.6 is 0 Å². The van der Waals surface area contributed by atoms with Crippen LogP contribution in [0.15, 0.2) is 24.3 Å². The highest BCUT2D eigenvalue weighted by molar-refractivity contribution is 5.73. The maximum absolute atomic E-state index is 13.2. The molecule has 5 heteroatoms. The molecule has 0 spiro atoms. The third-order valence-electron chi connectivity index (χ3n) is 4.36. The number of nitrogens with zero attached hydrogens (tertiary/aromatic N) is 1. The van der Waals surface area contributed by atoms with E-state index in [1.54, 1.807) is 0 Å². The van der Waals surface area contributed by atoms with Gasteiger partial charge in [-0.15, -0.1) is 0 Å². The Bertz CT molecular complexity index is 475. The van der Waals surface area contributed by atoms with Crippen molar-refractivity contribution in [3.8, 4) is 0 Å². The molecular weight excluding hydrogens is 269 g/mol. The highest BCUT2D eigenvalue weighted by Crippen LogP contribution is 2.35. The maximum Gasteiger partial charge on any atom is 0.314 e. The minimum atomic E-state index is -0.218. The lowest BCUT2D eigenvalue weighted by Gasteiger charge is -2.41. The quantitative estimate of drug-likeness (QED) is 0.880. The van der Waals surface area contributed by atoms with Gasteiger partial charge in [-0.25, -0.2) is 9.18 Å². The molecule has 0 radical (unpaired) electrons. The van der Waals surface area contributed by atoms with Crippen LogP contribution in [-0.2, 0) is 5.54 Å². The first kappa shape index (κ1) is 15.8. The molecule has 4 nitrogen and oxygen atoms in total. The van der Waals surface area contributed by atoms with Crippen LogP contribution in [0.2, 0.25) is 0 Å². The Morgan fingerprint density at radius 2 is 1.71 bits per heavy atom. The number of urea groups is 1. The zero-order valence-electron chi connectivity index (χ0n) is 12.8. The van der Waals surface area contributed by atoms with Crippen LogP contribution < -0.4 is 10.6 Å². The van der Waals surface area contributed by atoms with Gasteiger partial charge in [-0.1, -0.05) is 12.1 Å². The van der Waals surface area contributed by atoms with Crippen molar-refractivity contribution in [3.63, 3.8) is 0 Å². The van der Waals surface area contributed by atoms with E-state index >= 15 is 0 Å². The van der Waals surface area contributed by atoms with Crippen molar-refractivity contribution in [2.24, 2.45) is 0 Å². The second-order valence-electron chi connectivity index (χ2n) is 5.82. The third-order valence-corrected chi connectivity index (χ3v) is 4.36. The number of carbonyl (C=O) groups is 1. The van der Waals surface area contributed by atoms with Crippen molar-refractivity contribution in [3.05, 3.63) is 35.6 Å². The predicted octanol–water partition coefficient (Wildman–Crippen LogP) is 2.46. The van der Waals surface area contributed by atoms with Crippen molar-refractivity contribution in [2.45, 2.75) is 31.2 Å². The van der Waals surface area contributed by atoms with Crippen LogP contribution in [0.25, 0.3) is 0 Å². The zero-order valence-corrected chi connectivity index (χ0v) is 12.8. The van der Waals surface area contributed by atoms with Crippen molar-refractivity contribution in [2.75, 3.05) is 27.2 Å². The van der Waals surface area contributed by atoms with Crippen molar-refractivity contribution in [1.29, 1.82) is 0 Å². The zero-order chi connectivity index (χ0) is 15.3. The Labute approximate surface area is 125 Å². The summed E-state index contributed by atoms with van der Waals surface area (Å²) in [5, 5.41) is 5.74. The van der Waals surface area contributed by atoms with Crippen molar-refractivity contribution >= 4 is 6.03 Å². The summed E-state index contributed by atoms with van der Waals surface area (Å²) in [6.45, 7) is 1.29. The molecule has 2 N–H and O–H groups in total. The molecule has 116 valence electrons. The van der Waals surface area contributed by atoms with E-state index in [1.165, 1.54) is 12.1 Å². The summed E-state index contributed by atoms with van der Waals surface area (Å²) in [6.07, 6.45) is 3.77. The molecule has 1 heterocycles. The van der Waals surface area contributed by atoms with Gasteiger partial charge < -0.3 is 10.6 Å². The monoisotopic (exact) mass is 293 g/mol. The number of hydrogen-bond donors (Lipinski definition) is 2. The van der Waals surface area contributed by atoms with E-state index < -0.39 is 0 Å². The fourth-order valence-electron chi connectivity index (χ4n) is 3.07. The summed E-state index contributed by atoms with van der Waals surface area (Å²) >= 11 is 0. The van der Waals surface area contributed by atoms with Crippen LogP contribution in [0.3, 0.4) is 0 Å². The van der Waals surface area contributed by atoms with E-state index in [4.69, 9.17) is 0 Å². The molecule has 1 aliphatic rings. The van der Waals surface area contributed by atoms with Gasteiger partial charge in [0.1, 0.15) is 5.82 Å².